The van der Waals surface area contributed by atoms with Crippen molar-refractivity contribution in [3.63, 3.8) is 0 Å². The number of hydrogen-bond donors (Lipinski definition) is 1. The van der Waals surface area contributed by atoms with Crippen LogP contribution in [0.3, 0.4) is 0 Å². The lowest BCUT2D eigenvalue weighted by molar-refractivity contribution is 0.453. The molecule has 0 heterocycles. The number of nitrogens with two attached hydrogens (primary N) is 1. The Labute approximate surface area is 108 Å². The van der Waals surface area contributed by atoms with Crippen LogP contribution in [-0.4, -0.2) is 0 Å². The molecule has 1 aliphatic carbocycles. The van der Waals surface area contributed by atoms with Crippen LogP contribution in [-0.2, 0) is 12.0 Å². The third kappa shape index (κ3) is 1.75. The van der Waals surface area contributed by atoms with Crippen molar-refractivity contribution in [1.82, 2.24) is 0 Å². The maximum absolute atomic E-state index is 13.9. The fraction of sp³-hybridized carbons (Fsp3) is 0.200. The molecule has 2 aromatic carbocycles. The van der Waals surface area contributed by atoms with E-state index >= 15 is 0 Å². The van der Waals surface area contributed by atoms with Crippen molar-refractivity contribution in [2.24, 2.45) is 5.73 Å². The SMILES string of the molecule is NC1(c2c(F)cccc2F)CCc2cc(F)ccc21. The number of benzene rings is 2. The summed E-state index contributed by atoms with van der Waals surface area (Å²) in [6, 6.07) is 7.85. The van der Waals surface area contributed by atoms with Crippen molar-refractivity contribution < 1.29 is 13.2 Å². The minimum absolute atomic E-state index is 0.139. The van der Waals surface area contributed by atoms with Crippen molar-refractivity contribution in [3.05, 3.63) is 70.5 Å². The van der Waals surface area contributed by atoms with Gasteiger partial charge in [0.05, 0.1) is 5.54 Å². The van der Waals surface area contributed by atoms with Gasteiger partial charge >= 0.3 is 0 Å². The lowest BCUT2D eigenvalue weighted by Crippen LogP contribution is -2.37. The zero-order chi connectivity index (χ0) is 13.6. The molecule has 0 bridgehead atoms. The van der Waals surface area contributed by atoms with E-state index in [-0.39, 0.29) is 11.4 Å². The summed E-state index contributed by atoms with van der Waals surface area (Å²) >= 11 is 0. The maximum Gasteiger partial charge on any atom is 0.131 e. The molecule has 0 saturated carbocycles. The minimum atomic E-state index is -1.22. The Morgan fingerprint density at radius 2 is 1.68 bits per heavy atom. The lowest BCUT2D eigenvalue weighted by Gasteiger charge is -2.27. The fourth-order valence-corrected chi connectivity index (χ4v) is 2.85. The van der Waals surface area contributed by atoms with E-state index in [0.29, 0.717) is 24.0 Å². The van der Waals surface area contributed by atoms with E-state index in [9.17, 15) is 13.2 Å². The summed E-state index contributed by atoms with van der Waals surface area (Å²) in [4.78, 5) is 0. The Hall–Kier alpha value is -1.81. The van der Waals surface area contributed by atoms with Crippen LogP contribution in [0.4, 0.5) is 13.2 Å². The standard InChI is InChI=1S/C15H12F3N/c16-10-4-5-11-9(8-10)6-7-15(11,19)14-12(17)2-1-3-13(14)18/h1-5,8H,6-7,19H2. The predicted octanol–water partition coefficient (Wildman–Crippen LogP) is 3.25. The number of rotatable bonds is 1. The van der Waals surface area contributed by atoms with Crippen molar-refractivity contribution in [1.29, 1.82) is 0 Å². The fourth-order valence-electron chi connectivity index (χ4n) is 2.85. The van der Waals surface area contributed by atoms with Crippen LogP contribution in [0.1, 0.15) is 23.1 Å². The van der Waals surface area contributed by atoms with Gasteiger partial charge < -0.3 is 5.73 Å². The highest BCUT2D eigenvalue weighted by molar-refractivity contribution is 5.47. The molecule has 0 aliphatic heterocycles. The first-order valence-electron chi connectivity index (χ1n) is 6.04. The number of hydrogen-bond acceptors (Lipinski definition) is 1. The van der Waals surface area contributed by atoms with Gasteiger partial charge in [-0.05, 0) is 48.2 Å². The first-order chi connectivity index (χ1) is 9.02. The van der Waals surface area contributed by atoms with Crippen molar-refractivity contribution >= 4 is 0 Å². The van der Waals surface area contributed by atoms with Crippen LogP contribution in [0.5, 0.6) is 0 Å². The summed E-state index contributed by atoms with van der Waals surface area (Å²) in [6.45, 7) is 0. The Bertz CT molecular complexity index is 634. The molecule has 2 aromatic rings. The zero-order valence-corrected chi connectivity index (χ0v) is 10.1. The van der Waals surface area contributed by atoms with Gasteiger partial charge in [0.25, 0.3) is 0 Å². The summed E-state index contributed by atoms with van der Waals surface area (Å²) in [7, 11) is 0. The summed E-state index contributed by atoms with van der Waals surface area (Å²) < 4.78 is 41.0. The van der Waals surface area contributed by atoms with Gasteiger partial charge in [0, 0.05) is 5.56 Å². The van der Waals surface area contributed by atoms with Gasteiger partial charge in [0.2, 0.25) is 0 Å². The van der Waals surface area contributed by atoms with Gasteiger partial charge in [-0.1, -0.05) is 12.1 Å². The van der Waals surface area contributed by atoms with Gasteiger partial charge in [-0.25, -0.2) is 13.2 Å². The molecule has 1 atom stereocenters. The third-order valence-corrected chi connectivity index (χ3v) is 3.75. The van der Waals surface area contributed by atoms with Gasteiger partial charge in [-0.2, -0.15) is 0 Å². The second kappa shape index (κ2) is 4.10. The molecule has 1 unspecified atom stereocenters. The van der Waals surface area contributed by atoms with E-state index in [1.54, 1.807) is 0 Å². The molecule has 0 fully saturated rings. The van der Waals surface area contributed by atoms with Crippen molar-refractivity contribution in [2.75, 3.05) is 0 Å². The number of halogens is 3. The maximum atomic E-state index is 13.9. The zero-order valence-electron chi connectivity index (χ0n) is 10.1. The Morgan fingerprint density at radius 3 is 2.37 bits per heavy atom. The molecule has 98 valence electrons. The molecule has 0 aromatic heterocycles. The Morgan fingerprint density at radius 1 is 1.00 bits per heavy atom. The Balaban J connectivity index is 2.22. The monoisotopic (exact) mass is 263 g/mol. The molecule has 0 amide bonds. The molecule has 1 nitrogen and oxygen atoms in total. The molecular formula is C15H12F3N. The molecule has 0 radical (unpaired) electrons. The molecule has 3 rings (SSSR count). The predicted molar refractivity (Wildman–Crippen MR) is 66.0 cm³/mol. The molecule has 1 aliphatic rings. The van der Waals surface area contributed by atoms with Crippen molar-refractivity contribution in [3.8, 4) is 0 Å². The normalized spacial score (nSPS) is 21.5. The van der Waals surface area contributed by atoms with E-state index in [1.807, 2.05) is 0 Å². The van der Waals surface area contributed by atoms with Crippen LogP contribution in [0.15, 0.2) is 36.4 Å². The molecular weight excluding hydrogens is 251 g/mol. The van der Waals surface area contributed by atoms with Crippen LogP contribution in [0.25, 0.3) is 0 Å². The largest absolute Gasteiger partial charge is 0.318 e. The second-order valence-corrected chi connectivity index (χ2v) is 4.87. The average Bonchev–Trinajstić information content (AvgIpc) is 2.67. The molecule has 0 saturated heterocycles. The topological polar surface area (TPSA) is 26.0 Å². The summed E-state index contributed by atoms with van der Waals surface area (Å²) in [5, 5.41) is 0. The lowest BCUT2D eigenvalue weighted by atomic mass is 9.84. The van der Waals surface area contributed by atoms with Gasteiger partial charge in [0.1, 0.15) is 17.5 Å². The average molecular weight is 263 g/mol. The minimum Gasteiger partial charge on any atom is -0.318 e. The highest BCUT2D eigenvalue weighted by atomic mass is 19.1. The molecule has 2 N–H and O–H groups in total. The first kappa shape index (κ1) is 12.2. The van der Waals surface area contributed by atoms with E-state index in [2.05, 4.69) is 0 Å². The first-order valence-corrected chi connectivity index (χ1v) is 6.04. The van der Waals surface area contributed by atoms with E-state index < -0.39 is 17.2 Å². The highest BCUT2D eigenvalue weighted by Crippen LogP contribution is 2.42. The summed E-state index contributed by atoms with van der Waals surface area (Å²) in [5.41, 5.74) is 6.19. The molecule has 0 spiro atoms. The molecule has 19 heavy (non-hydrogen) atoms. The quantitative estimate of drug-likeness (QED) is 0.839. The van der Waals surface area contributed by atoms with Crippen LogP contribution in [0, 0.1) is 17.5 Å². The van der Waals surface area contributed by atoms with Crippen LogP contribution >= 0.6 is 0 Å². The summed E-state index contributed by atoms with van der Waals surface area (Å²) in [5.74, 6) is -1.70. The van der Waals surface area contributed by atoms with Gasteiger partial charge in [0.15, 0.2) is 0 Å². The smallest absolute Gasteiger partial charge is 0.131 e. The van der Waals surface area contributed by atoms with Crippen LogP contribution in [0.2, 0.25) is 0 Å². The third-order valence-electron chi connectivity index (χ3n) is 3.75. The Kier molecular flexibility index (Phi) is 2.64. The summed E-state index contributed by atoms with van der Waals surface area (Å²) in [6.07, 6.45) is 0.876. The number of fused-ring (bicyclic) bond motifs is 1. The number of aryl methyl sites for hydroxylation is 1. The van der Waals surface area contributed by atoms with E-state index in [4.69, 9.17) is 5.73 Å². The van der Waals surface area contributed by atoms with Crippen LogP contribution < -0.4 is 5.73 Å². The molecule has 4 heteroatoms. The van der Waals surface area contributed by atoms with E-state index in [1.165, 1.54) is 36.4 Å². The van der Waals surface area contributed by atoms with Gasteiger partial charge in [-0.3, -0.25) is 0 Å². The van der Waals surface area contributed by atoms with Crippen molar-refractivity contribution in [2.45, 2.75) is 18.4 Å². The van der Waals surface area contributed by atoms with E-state index in [0.717, 1.165) is 0 Å². The second-order valence-electron chi connectivity index (χ2n) is 4.87. The van der Waals surface area contributed by atoms with Gasteiger partial charge in [-0.15, -0.1) is 0 Å². The highest BCUT2D eigenvalue weighted by Gasteiger charge is 2.40.